The van der Waals surface area contributed by atoms with Crippen molar-refractivity contribution in [3.8, 4) is 6.07 Å². The average Bonchev–Trinajstić information content (AvgIpc) is 2.38. The highest BCUT2D eigenvalue weighted by Crippen LogP contribution is 2.38. The molecule has 0 spiro atoms. The van der Waals surface area contributed by atoms with Crippen LogP contribution in [0.25, 0.3) is 0 Å². The SMILES string of the molecule is CC1(C)CC(=O)Nc2ccc(N/N=C(\C#N)C(=N)N)cc21. The molecule has 0 atom stereocenters. The zero-order valence-electron chi connectivity index (χ0n) is 11.8. The summed E-state index contributed by atoms with van der Waals surface area (Å²) in [6.07, 6.45) is 0.406. The lowest BCUT2D eigenvalue weighted by molar-refractivity contribution is -0.117. The summed E-state index contributed by atoms with van der Waals surface area (Å²) in [6.45, 7) is 3.99. The number of carbonyl (C=O) groups excluding carboxylic acids is 1. The van der Waals surface area contributed by atoms with Crippen molar-refractivity contribution in [1.29, 1.82) is 10.7 Å². The summed E-state index contributed by atoms with van der Waals surface area (Å²) in [4.78, 5) is 11.6. The Bertz CT molecular complexity index is 683. The Kier molecular flexibility index (Phi) is 3.63. The van der Waals surface area contributed by atoms with Crippen LogP contribution in [0.15, 0.2) is 23.3 Å². The van der Waals surface area contributed by atoms with Gasteiger partial charge >= 0.3 is 0 Å². The van der Waals surface area contributed by atoms with E-state index in [0.29, 0.717) is 12.1 Å². The van der Waals surface area contributed by atoms with Gasteiger partial charge in [-0.25, -0.2) is 0 Å². The van der Waals surface area contributed by atoms with Gasteiger partial charge in [-0.1, -0.05) is 13.8 Å². The van der Waals surface area contributed by atoms with E-state index in [-0.39, 0.29) is 17.0 Å². The molecule has 0 aromatic heterocycles. The monoisotopic (exact) mass is 284 g/mol. The lowest BCUT2D eigenvalue weighted by Gasteiger charge is -2.32. The van der Waals surface area contributed by atoms with E-state index in [9.17, 15) is 4.79 Å². The number of nitrogens with two attached hydrogens (primary N) is 1. The number of amidine groups is 1. The zero-order valence-corrected chi connectivity index (χ0v) is 11.8. The van der Waals surface area contributed by atoms with Crippen LogP contribution < -0.4 is 16.5 Å². The number of nitrogens with zero attached hydrogens (tertiary/aromatic N) is 2. The minimum absolute atomic E-state index is 0.00502. The summed E-state index contributed by atoms with van der Waals surface area (Å²) in [5.41, 5.74) is 9.90. The van der Waals surface area contributed by atoms with Gasteiger partial charge in [0.15, 0.2) is 5.84 Å². The lowest BCUT2D eigenvalue weighted by atomic mass is 9.78. The summed E-state index contributed by atoms with van der Waals surface area (Å²) < 4.78 is 0. The fraction of sp³-hybridized carbons (Fsp3) is 0.286. The first-order valence-electron chi connectivity index (χ1n) is 6.36. The van der Waals surface area contributed by atoms with E-state index in [1.165, 1.54) is 0 Å². The van der Waals surface area contributed by atoms with Gasteiger partial charge in [-0.2, -0.15) is 10.4 Å². The average molecular weight is 284 g/mol. The van der Waals surface area contributed by atoms with Crippen LogP contribution in [0, 0.1) is 16.7 Å². The van der Waals surface area contributed by atoms with Crippen molar-refractivity contribution < 1.29 is 4.79 Å². The fourth-order valence-electron chi connectivity index (χ4n) is 2.24. The Morgan fingerprint density at radius 3 is 2.90 bits per heavy atom. The molecule has 1 aliphatic heterocycles. The van der Waals surface area contributed by atoms with E-state index >= 15 is 0 Å². The van der Waals surface area contributed by atoms with Crippen molar-refractivity contribution in [2.75, 3.05) is 10.7 Å². The maximum Gasteiger partial charge on any atom is 0.225 e. The normalized spacial score (nSPS) is 16.4. The van der Waals surface area contributed by atoms with Crippen LogP contribution in [0.5, 0.6) is 0 Å². The number of hydrogen-bond donors (Lipinski definition) is 4. The van der Waals surface area contributed by atoms with Gasteiger partial charge in [0.1, 0.15) is 6.07 Å². The number of rotatable bonds is 3. The van der Waals surface area contributed by atoms with Crippen molar-refractivity contribution in [2.24, 2.45) is 10.8 Å². The molecule has 5 N–H and O–H groups in total. The standard InChI is InChI=1S/C14H16N6O/c1-14(2)6-12(21)18-10-4-3-8(5-9(10)14)19-20-11(7-15)13(16)17/h3-5,19H,6H2,1-2H3,(H3,16,17)(H,18,21)/b20-11+. The molecule has 1 aliphatic rings. The Morgan fingerprint density at radius 1 is 1.57 bits per heavy atom. The molecule has 0 bridgehead atoms. The van der Waals surface area contributed by atoms with E-state index in [1.54, 1.807) is 18.2 Å². The number of anilines is 2. The predicted octanol–water partition coefficient (Wildman–Crippen LogP) is 1.53. The van der Waals surface area contributed by atoms with E-state index < -0.39 is 5.84 Å². The quantitative estimate of drug-likeness (QED) is 0.381. The lowest BCUT2D eigenvalue weighted by Crippen LogP contribution is -2.32. The minimum Gasteiger partial charge on any atom is -0.382 e. The smallest absolute Gasteiger partial charge is 0.225 e. The van der Waals surface area contributed by atoms with Crippen molar-refractivity contribution in [3.63, 3.8) is 0 Å². The second-order valence-corrected chi connectivity index (χ2v) is 5.47. The molecule has 1 aromatic carbocycles. The van der Waals surface area contributed by atoms with E-state index in [4.69, 9.17) is 16.4 Å². The van der Waals surface area contributed by atoms with Crippen LogP contribution >= 0.6 is 0 Å². The molecule has 0 fully saturated rings. The molecule has 7 nitrogen and oxygen atoms in total. The number of hydrogen-bond acceptors (Lipinski definition) is 5. The minimum atomic E-state index is -0.393. The van der Waals surface area contributed by atoms with Gasteiger partial charge in [0.25, 0.3) is 0 Å². The molecule has 0 radical (unpaired) electrons. The van der Waals surface area contributed by atoms with E-state index in [2.05, 4.69) is 15.8 Å². The first kappa shape index (κ1) is 14.5. The fourth-order valence-corrected chi connectivity index (χ4v) is 2.24. The summed E-state index contributed by atoms with van der Waals surface area (Å²) >= 11 is 0. The number of benzene rings is 1. The van der Waals surface area contributed by atoms with E-state index in [0.717, 1.165) is 11.3 Å². The Labute approximate surface area is 122 Å². The molecule has 0 saturated carbocycles. The molecule has 0 unspecified atom stereocenters. The Morgan fingerprint density at radius 2 is 2.29 bits per heavy atom. The molecule has 1 amide bonds. The van der Waals surface area contributed by atoms with Crippen molar-refractivity contribution in [3.05, 3.63) is 23.8 Å². The third-order valence-electron chi connectivity index (χ3n) is 3.28. The maximum absolute atomic E-state index is 11.6. The van der Waals surface area contributed by atoms with Crippen LogP contribution in [-0.2, 0) is 10.2 Å². The van der Waals surface area contributed by atoms with Gasteiger partial charge in [0, 0.05) is 17.5 Å². The molecule has 1 aromatic rings. The molecular weight excluding hydrogens is 268 g/mol. The number of fused-ring (bicyclic) bond motifs is 1. The van der Waals surface area contributed by atoms with E-state index in [1.807, 2.05) is 19.9 Å². The van der Waals surface area contributed by atoms with Crippen molar-refractivity contribution in [2.45, 2.75) is 25.7 Å². The molecule has 1 heterocycles. The van der Waals surface area contributed by atoms with Crippen LogP contribution in [0.1, 0.15) is 25.8 Å². The van der Waals surface area contributed by atoms with Crippen LogP contribution in [0.3, 0.4) is 0 Å². The molecule has 21 heavy (non-hydrogen) atoms. The maximum atomic E-state index is 11.6. The Balaban J connectivity index is 2.32. The Hall–Kier alpha value is -2.88. The number of nitriles is 1. The summed E-state index contributed by atoms with van der Waals surface area (Å²) in [6, 6.07) is 7.12. The number of nitrogens with one attached hydrogen (secondary N) is 3. The number of hydrazone groups is 1. The molecule has 0 aliphatic carbocycles. The number of amides is 1. The van der Waals surface area contributed by atoms with Crippen LogP contribution in [0.2, 0.25) is 0 Å². The molecular formula is C14H16N6O. The highest BCUT2D eigenvalue weighted by molar-refractivity contribution is 6.45. The van der Waals surface area contributed by atoms with Crippen molar-refractivity contribution >= 4 is 28.8 Å². The van der Waals surface area contributed by atoms with Gasteiger partial charge in [-0.05, 0) is 23.8 Å². The largest absolute Gasteiger partial charge is 0.382 e. The molecule has 108 valence electrons. The van der Waals surface area contributed by atoms with Gasteiger partial charge in [0.05, 0.1) is 5.69 Å². The highest BCUT2D eigenvalue weighted by Gasteiger charge is 2.31. The molecule has 7 heteroatoms. The first-order chi connectivity index (χ1) is 9.83. The van der Waals surface area contributed by atoms with Gasteiger partial charge in [-0.3, -0.25) is 15.6 Å². The second kappa shape index (κ2) is 5.25. The van der Waals surface area contributed by atoms with Gasteiger partial charge in [-0.15, -0.1) is 0 Å². The van der Waals surface area contributed by atoms with Gasteiger partial charge in [0.2, 0.25) is 11.6 Å². The third-order valence-corrected chi connectivity index (χ3v) is 3.28. The van der Waals surface area contributed by atoms with Gasteiger partial charge < -0.3 is 11.1 Å². The zero-order chi connectivity index (χ0) is 15.6. The predicted molar refractivity (Wildman–Crippen MR) is 81.3 cm³/mol. The highest BCUT2D eigenvalue weighted by atomic mass is 16.1. The second-order valence-electron chi connectivity index (χ2n) is 5.47. The molecule has 0 saturated heterocycles. The van der Waals surface area contributed by atoms with Crippen molar-refractivity contribution in [1.82, 2.24) is 0 Å². The topological polar surface area (TPSA) is 127 Å². The van der Waals surface area contributed by atoms with Crippen LogP contribution in [0.4, 0.5) is 11.4 Å². The summed E-state index contributed by atoms with van der Waals surface area (Å²) in [5.74, 6) is -0.398. The molecule has 2 rings (SSSR count). The first-order valence-corrected chi connectivity index (χ1v) is 6.36. The summed E-state index contributed by atoms with van der Waals surface area (Å²) in [5, 5.41) is 22.6. The third kappa shape index (κ3) is 3.00. The number of carbonyl (C=O) groups is 1. The van der Waals surface area contributed by atoms with Crippen LogP contribution in [-0.4, -0.2) is 17.5 Å². The summed E-state index contributed by atoms with van der Waals surface area (Å²) in [7, 11) is 0.